The van der Waals surface area contributed by atoms with Crippen LogP contribution in [0.5, 0.6) is 0 Å². The first-order chi connectivity index (χ1) is 7.13. The van der Waals surface area contributed by atoms with Crippen molar-refractivity contribution in [3.05, 3.63) is 35.3 Å². The number of fused-ring (bicyclic) bond motifs is 1. The van der Waals surface area contributed by atoms with Crippen LogP contribution in [0.2, 0.25) is 0 Å². The average molecular weight is 205 g/mol. The Morgan fingerprint density at radius 3 is 2.80 bits per heavy atom. The molecule has 1 aromatic carbocycles. The molecule has 0 aliphatic rings. The first-order valence-electron chi connectivity index (χ1n) is 5.41. The Kier molecular flexibility index (Phi) is 2.51. The summed E-state index contributed by atoms with van der Waals surface area (Å²) in [5.41, 5.74) is 2.71. The SMILES string of the molecule is CCC(C)c1ccc2[nH]c(C)c(F)c2c1. The predicted molar refractivity (Wildman–Crippen MR) is 61.7 cm³/mol. The summed E-state index contributed by atoms with van der Waals surface area (Å²) in [6.07, 6.45) is 1.08. The number of hydrogen-bond donors (Lipinski definition) is 1. The van der Waals surface area contributed by atoms with Gasteiger partial charge in [-0.05, 0) is 37.0 Å². The molecule has 2 aromatic rings. The minimum absolute atomic E-state index is 0.116. The third-order valence-corrected chi connectivity index (χ3v) is 3.11. The highest BCUT2D eigenvalue weighted by Crippen LogP contribution is 2.26. The molecule has 0 spiro atoms. The van der Waals surface area contributed by atoms with Crippen molar-refractivity contribution in [1.82, 2.24) is 4.98 Å². The van der Waals surface area contributed by atoms with Crippen molar-refractivity contribution in [2.75, 3.05) is 0 Å². The number of nitrogens with one attached hydrogen (secondary N) is 1. The van der Waals surface area contributed by atoms with Gasteiger partial charge in [0.1, 0.15) is 0 Å². The molecular weight excluding hydrogens is 189 g/mol. The maximum atomic E-state index is 13.7. The minimum atomic E-state index is -0.116. The van der Waals surface area contributed by atoms with E-state index in [1.54, 1.807) is 6.92 Å². The molecule has 2 heteroatoms. The van der Waals surface area contributed by atoms with Gasteiger partial charge in [0.2, 0.25) is 0 Å². The lowest BCUT2D eigenvalue weighted by molar-refractivity contribution is 0.629. The highest BCUT2D eigenvalue weighted by Gasteiger charge is 2.10. The highest BCUT2D eigenvalue weighted by molar-refractivity contribution is 5.82. The maximum absolute atomic E-state index is 13.7. The molecule has 0 saturated carbocycles. The zero-order valence-electron chi connectivity index (χ0n) is 9.39. The topological polar surface area (TPSA) is 15.8 Å². The molecule has 1 atom stereocenters. The number of benzene rings is 1. The molecule has 1 unspecified atom stereocenters. The largest absolute Gasteiger partial charge is 0.356 e. The fraction of sp³-hybridized carbons (Fsp3) is 0.385. The van der Waals surface area contributed by atoms with Crippen LogP contribution in [0.1, 0.15) is 37.4 Å². The summed E-state index contributed by atoms with van der Waals surface area (Å²) < 4.78 is 13.7. The number of halogens is 1. The quantitative estimate of drug-likeness (QED) is 0.758. The van der Waals surface area contributed by atoms with Gasteiger partial charge >= 0.3 is 0 Å². The molecule has 0 fully saturated rings. The van der Waals surface area contributed by atoms with Crippen LogP contribution in [0.3, 0.4) is 0 Å². The number of H-pyrrole nitrogens is 1. The van der Waals surface area contributed by atoms with Crippen molar-refractivity contribution in [3.63, 3.8) is 0 Å². The van der Waals surface area contributed by atoms with Gasteiger partial charge in [0.15, 0.2) is 5.82 Å². The second-order valence-corrected chi connectivity index (χ2v) is 4.18. The van der Waals surface area contributed by atoms with E-state index >= 15 is 0 Å². The van der Waals surface area contributed by atoms with Crippen molar-refractivity contribution < 1.29 is 4.39 Å². The summed E-state index contributed by atoms with van der Waals surface area (Å²) in [6, 6.07) is 6.00. The number of rotatable bonds is 2. The third kappa shape index (κ3) is 1.65. The molecule has 1 aromatic heterocycles. The summed E-state index contributed by atoms with van der Waals surface area (Å²) in [5.74, 6) is 0.374. The van der Waals surface area contributed by atoms with E-state index in [-0.39, 0.29) is 5.82 Å². The van der Waals surface area contributed by atoms with Crippen molar-refractivity contribution >= 4 is 10.9 Å². The van der Waals surface area contributed by atoms with Crippen molar-refractivity contribution in [2.45, 2.75) is 33.1 Å². The summed E-state index contributed by atoms with van der Waals surface area (Å²) in [7, 11) is 0. The lowest BCUT2D eigenvalue weighted by Crippen LogP contribution is -1.90. The molecule has 80 valence electrons. The summed E-state index contributed by atoms with van der Waals surface area (Å²) in [4.78, 5) is 3.04. The Morgan fingerprint density at radius 1 is 1.40 bits per heavy atom. The number of aromatic amines is 1. The first kappa shape index (κ1) is 10.2. The monoisotopic (exact) mass is 205 g/mol. The predicted octanol–water partition coefficient (Wildman–Crippen LogP) is 4.13. The van der Waals surface area contributed by atoms with Crippen LogP contribution in [0.4, 0.5) is 4.39 Å². The molecule has 1 heterocycles. The van der Waals surface area contributed by atoms with Crippen LogP contribution < -0.4 is 0 Å². The van der Waals surface area contributed by atoms with Gasteiger partial charge in [0.25, 0.3) is 0 Å². The van der Waals surface area contributed by atoms with Crippen LogP contribution in [0.15, 0.2) is 18.2 Å². The molecule has 0 aliphatic heterocycles. The van der Waals surface area contributed by atoms with Crippen molar-refractivity contribution in [3.8, 4) is 0 Å². The summed E-state index contributed by atoms with van der Waals surface area (Å²) in [6.45, 7) is 6.07. The van der Waals surface area contributed by atoms with E-state index in [1.807, 2.05) is 12.1 Å². The zero-order valence-corrected chi connectivity index (χ0v) is 9.39. The van der Waals surface area contributed by atoms with Gasteiger partial charge < -0.3 is 4.98 Å². The lowest BCUT2D eigenvalue weighted by atomic mass is 9.97. The van der Waals surface area contributed by atoms with Crippen LogP contribution in [0, 0.1) is 12.7 Å². The van der Waals surface area contributed by atoms with E-state index in [2.05, 4.69) is 24.9 Å². The Morgan fingerprint density at radius 2 is 2.13 bits per heavy atom. The Labute approximate surface area is 89.3 Å². The van der Waals surface area contributed by atoms with Crippen molar-refractivity contribution in [1.29, 1.82) is 0 Å². The molecule has 1 N–H and O–H groups in total. The van der Waals surface area contributed by atoms with Gasteiger partial charge in [-0.1, -0.05) is 19.9 Å². The molecule has 0 bridgehead atoms. The zero-order chi connectivity index (χ0) is 11.0. The summed E-state index contributed by atoms with van der Waals surface area (Å²) in [5, 5.41) is 0.713. The Hall–Kier alpha value is -1.31. The van der Waals surface area contributed by atoms with Gasteiger partial charge in [-0.25, -0.2) is 4.39 Å². The van der Waals surface area contributed by atoms with Crippen LogP contribution in [0.25, 0.3) is 10.9 Å². The number of aryl methyl sites for hydroxylation is 1. The Bertz CT molecular complexity index is 484. The molecular formula is C13H16FN. The second-order valence-electron chi connectivity index (χ2n) is 4.18. The van der Waals surface area contributed by atoms with E-state index in [9.17, 15) is 4.39 Å². The third-order valence-electron chi connectivity index (χ3n) is 3.11. The maximum Gasteiger partial charge on any atom is 0.151 e. The molecule has 0 radical (unpaired) electrons. The van der Waals surface area contributed by atoms with E-state index in [0.717, 1.165) is 11.9 Å². The van der Waals surface area contributed by atoms with E-state index in [1.165, 1.54) is 5.56 Å². The minimum Gasteiger partial charge on any atom is -0.356 e. The molecule has 0 aliphatic carbocycles. The molecule has 0 amide bonds. The highest BCUT2D eigenvalue weighted by atomic mass is 19.1. The second kappa shape index (κ2) is 3.69. The molecule has 2 rings (SSSR count). The molecule has 0 saturated heterocycles. The first-order valence-corrected chi connectivity index (χ1v) is 5.41. The molecule has 1 nitrogen and oxygen atoms in total. The molecule has 15 heavy (non-hydrogen) atoms. The Balaban J connectivity index is 2.59. The number of hydrogen-bond acceptors (Lipinski definition) is 0. The van der Waals surface area contributed by atoms with Crippen molar-refractivity contribution in [2.24, 2.45) is 0 Å². The normalized spacial score (nSPS) is 13.3. The van der Waals surface area contributed by atoms with Crippen LogP contribution in [-0.4, -0.2) is 4.98 Å². The lowest BCUT2D eigenvalue weighted by Gasteiger charge is -2.08. The van der Waals surface area contributed by atoms with Gasteiger partial charge in [-0.2, -0.15) is 0 Å². The number of aromatic nitrogens is 1. The van der Waals surface area contributed by atoms with E-state index in [0.29, 0.717) is 17.0 Å². The van der Waals surface area contributed by atoms with E-state index in [4.69, 9.17) is 0 Å². The smallest absolute Gasteiger partial charge is 0.151 e. The van der Waals surface area contributed by atoms with Gasteiger partial charge in [0.05, 0.1) is 0 Å². The summed E-state index contributed by atoms with van der Waals surface area (Å²) >= 11 is 0. The fourth-order valence-corrected chi connectivity index (χ4v) is 1.85. The van der Waals surface area contributed by atoms with Gasteiger partial charge in [0, 0.05) is 16.6 Å². The van der Waals surface area contributed by atoms with Crippen LogP contribution >= 0.6 is 0 Å². The fourth-order valence-electron chi connectivity index (χ4n) is 1.85. The van der Waals surface area contributed by atoms with Gasteiger partial charge in [-0.15, -0.1) is 0 Å². The average Bonchev–Trinajstić information content (AvgIpc) is 2.54. The van der Waals surface area contributed by atoms with Gasteiger partial charge in [-0.3, -0.25) is 0 Å². The standard InChI is InChI=1S/C13H16FN/c1-4-8(2)10-5-6-12-11(7-10)13(14)9(3)15-12/h5-8,15H,4H2,1-3H3. The van der Waals surface area contributed by atoms with E-state index < -0.39 is 0 Å². The van der Waals surface area contributed by atoms with Crippen LogP contribution in [-0.2, 0) is 0 Å².